The molecule has 0 aliphatic rings. The number of hydrogen-bond donors (Lipinski definition) is 1. The summed E-state index contributed by atoms with van der Waals surface area (Å²) in [5, 5.41) is 0. The average Bonchev–Trinajstić information content (AvgIpc) is 2.35. The van der Waals surface area contributed by atoms with Crippen molar-refractivity contribution in [1.29, 1.82) is 0 Å². The van der Waals surface area contributed by atoms with Gasteiger partial charge in [-0.25, -0.2) is 9.97 Å². The molecule has 2 N–H and O–H groups in total. The number of anilines is 1. The Morgan fingerprint density at radius 3 is 2.65 bits per heavy atom. The first-order valence-electron chi connectivity index (χ1n) is 5.78. The van der Waals surface area contributed by atoms with Crippen LogP contribution in [0.25, 0.3) is 0 Å². The second kappa shape index (κ2) is 5.39. The molecular weight excluding hydrogens is 212 g/mol. The summed E-state index contributed by atoms with van der Waals surface area (Å²) < 4.78 is 0. The molecule has 0 aliphatic heterocycles. The Morgan fingerprint density at radius 1 is 1.18 bits per heavy atom. The van der Waals surface area contributed by atoms with Crippen molar-refractivity contribution in [1.82, 2.24) is 15.0 Å². The fourth-order valence-electron chi connectivity index (χ4n) is 1.83. The summed E-state index contributed by atoms with van der Waals surface area (Å²) in [6.07, 6.45) is 7.86. The van der Waals surface area contributed by atoms with Crippen molar-refractivity contribution in [3.05, 3.63) is 47.7 Å². The van der Waals surface area contributed by atoms with Crippen molar-refractivity contribution >= 4 is 5.82 Å². The van der Waals surface area contributed by atoms with Crippen LogP contribution in [0.2, 0.25) is 0 Å². The molecule has 2 aromatic rings. The van der Waals surface area contributed by atoms with E-state index in [0.29, 0.717) is 5.82 Å². The maximum Gasteiger partial charge on any atom is 0.130 e. The smallest absolute Gasteiger partial charge is 0.130 e. The highest BCUT2D eigenvalue weighted by Gasteiger charge is 2.08. The molecule has 88 valence electrons. The fraction of sp³-hybridized carbons (Fsp3) is 0.308. The van der Waals surface area contributed by atoms with E-state index in [-0.39, 0.29) is 0 Å². The Kier molecular flexibility index (Phi) is 3.65. The first-order valence-corrected chi connectivity index (χ1v) is 5.78. The van der Waals surface area contributed by atoms with Gasteiger partial charge < -0.3 is 5.73 Å². The largest absolute Gasteiger partial charge is 0.383 e. The molecule has 0 atom stereocenters. The molecule has 2 heterocycles. The van der Waals surface area contributed by atoms with E-state index in [4.69, 9.17) is 5.73 Å². The van der Waals surface area contributed by atoms with Crippen LogP contribution in [-0.4, -0.2) is 15.0 Å². The molecule has 2 rings (SSSR count). The number of pyridine rings is 1. The highest BCUT2D eigenvalue weighted by molar-refractivity contribution is 5.42. The summed E-state index contributed by atoms with van der Waals surface area (Å²) in [4.78, 5) is 12.4. The highest BCUT2D eigenvalue weighted by Crippen LogP contribution is 2.17. The maximum absolute atomic E-state index is 5.90. The van der Waals surface area contributed by atoms with Gasteiger partial charge in [-0.15, -0.1) is 0 Å². The zero-order chi connectivity index (χ0) is 12.1. The van der Waals surface area contributed by atoms with Gasteiger partial charge in [-0.05, 0) is 24.1 Å². The summed E-state index contributed by atoms with van der Waals surface area (Å²) in [6.45, 7) is 2.13. The van der Waals surface area contributed by atoms with Crippen LogP contribution in [0.4, 0.5) is 5.82 Å². The van der Waals surface area contributed by atoms with Crippen molar-refractivity contribution in [2.75, 3.05) is 5.73 Å². The minimum atomic E-state index is 0.603. The summed E-state index contributed by atoms with van der Waals surface area (Å²) in [5.41, 5.74) is 9.18. The standard InChI is InChI=1S/C13H16N4/c1-2-3-11-12(16-9-17-13(11)14)8-10-4-6-15-7-5-10/h4-7,9H,2-3,8H2,1H3,(H2,14,16,17). The third kappa shape index (κ3) is 2.78. The molecule has 0 spiro atoms. The molecule has 17 heavy (non-hydrogen) atoms. The van der Waals surface area contributed by atoms with Gasteiger partial charge in [-0.1, -0.05) is 13.3 Å². The summed E-state index contributed by atoms with van der Waals surface area (Å²) in [6, 6.07) is 3.99. The molecular formula is C13H16N4. The topological polar surface area (TPSA) is 64.7 Å². The Morgan fingerprint density at radius 2 is 1.94 bits per heavy atom. The van der Waals surface area contributed by atoms with E-state index < -0.39 is 0 Å². The van der Waals surface area contributed by atoms with E-state index in [0.717, 1.165) is 30.5 Å². The zero-order valence-electron chi connectivity index (χ0n) is 9.93. The third-order valence-corrected chi connectivity index (χ3v) is 2.69. The first kappa shape index (κ1) is 11.5. The Bertz CT molecular complexity index is 482. The first-order chi connectivity index (χ1) is 8.31. The number of nitrogens with two attached hydrogens (primary N) is 1. The number of hydrogen-bond acceptors (Lipinski definition) is 4. The van der Waals surface area contributed by atoms with Crippen LogP contribution < -0.4 is 5.73 Å². The van der Waals surface area contributed by atoms with Crippen molar-refractivity contribution in [3.8, 4) is 0 Å². The molecule has 0 bridgehead atoms. The molecule has 0 fully saturated rings. The summed E-state index contributed by atoms with van der Waals surface area (Å²) in [7, 11) is 0. The van der Waals surface area contributed by atoms with Gasteiger partial charge in [-0.3, -0.25) is 4.98 Å². The lowest BCUT2D eigenvalue weighted by Gasteiger charge is -2.09. The van der Waals surface area contributed by atoms with Crippen LogP contribution in [0, 0.1) is 0 Å². The van der Waals surface area contributed by atoms with E-state index in [9.17, 15) is 0 Å². The molecule has 2 aromatic heterocycles. The van der Waals surface area contributed by atoms with Gasteiger partial charge in [0.05, 0.1) is 5.69 Å². The second-order valence-corrected chi connectivity index (χ2v) is 3.97. The van der Waals surface area contributed by atoms with Gasteiger partial charge in [0.1, 0.15) is 12.1 Å². The average molecular weight is 228 g/mol. The normalized spacial score (nSPS) is 10.4. The van der Waals surface area contributed by atoms with Crippen molar-refractivity contribution < 1.29 is 0 Å². The lowest BCUT2D eigenvalue weighted by molar-refractivity contribution is 0.871. The van der Waals surface area contributed by atoms with E-state index in [1.54, 1.807) is 12.4 Å². The number of nitrogens with zero attached hydrogens (tertiary/aromatic N) is 3. The summed E-state index contributed by atoms with van der Waals surface area (Å²) in [5.74, 6) is 0.603. The predicted octanol–water partition coefficient (Wildman–Crippen LogP) is 2.00. The monoisotopic (exact) mass is 228 g/mol. The Labute approximate surface area is 101 Å². The third-order valence-electron chi connectivity index (χ3n) is 2.69. The number of rotatable bonds is 4. The SMILES string of the molecule is CCCc1c(N)ncnc1Cc1ccncc1. The van der Waals surface area contributed by atoms with Gasteiger partial charge in [0.2, 0.25) is 0 Å². The van der Waals surface area contributed by atoms with Crippen molar-refractivity contribution in [2.24, 2.45) is 0 Å². The van der Waals surface area contributed by atoms with Crippen molar-refractivity contribution in [2.45, 2.75) is 26.2 Å². The van der Waals surface area contributed by atoms with Gasteiger partial charge in [0.15, 0.2) is 0 Å². The maximum atomic E-state index is 5.90. The molecule has 0 aromatic carbocycles. The van der Waals surface area contributed by atoms with Crippen LogP contribution in [-0.2, 0) is 12.8 Å². The fourth-order valence-corrected chi connectivity index (χ4v) is 1.83. The molecule has 0 aliphatic carbocycles. The van der Waals surface area contributed by atoms with Gasteiger partial charge in [-0.2, -0.15) is 0 Å². The van der Waals surface area contributed by atoms with Crippen LogP contribution in [0.5, 0.6) is 0 Å². The van der Waals surface area contributed by atoms with Crippen LogP contribution in [0.3, 0.4) is 0 Å². The number of aromatic nitrogens is 3. The molecule has 4 heteroatoms. The molecule has 0 saturated heterocycles. The molecule has 0 unspecified atom stereocenters. The van der Waals surface area contributed by atoms with Gasteiger partial charge in [0, 0.05) is 24.4 Å². The van der Waals surface area contributed by atoms with E-state index >= 15 is 0 Å². The van der Waals surface area contributed by atoms with E-state index in [1.165, 1.54) is 11.9 Å². The Balaban J connectivity index is 2.29. The molecule has 0 saturated carbocycles. The minimum Gasteiger partial charge on any atom is -0.383 e. The lowest BCUT2D eigenvalue weighted by atomic mass is 10.0. The quantitative estimate of drug-likeness (QED) is 0.869. The predicted molar refractivity (Wildman–Crippen MR) is 67.5 cm³/mol. The van der Waals surface area contributed by atoms with Gasteiger partial charge >= 0.3 is 0 Å². The minimum absolute atomic E-state index is 0.603. The van der Waals surface area contributed by atoms with Crippen LogP contribution in [0.1, 0.15) is 30.2 Å². The van der Waals surface area contributed by atoms with Gasteiger partial charge in [0.25, 0.3) is 0 Å². The molecule has 0 amide bonds. The Hall–Kier alpha value is -1.97. The van der Waals surface area contributed by atoms with Crippen LogP contribution >= 0.6 is 0 Å². The van der Waals surface area contributed by atoms with Crippen molar-refractivity contribution in [3.63, 3.8) is 0 Å². The van der Waals surface area contributed by atoms with E-state index in [1.807, 2.05) is 12.1 Å². The molecule has 0 radical (unpaired) electrons. The highest BCUT2D eigenvalue weighted by atomic mass is 14.9. The number of nitrogen functional groups attached to an aromatic ring is 1. The molecule has 4 nitrogen and oxygen atoms in total. The summed E-state index contributed by atoms with van der Waals surface area (Å²) >= 11 is 0. The lowest BCUT2D eigenvalue weighted by Crippen LogP contribution is -2.05. The zero-order valence-corrected chi connectivity index (χ0v) is 9.93. The van der Waals surface area contributed by atoms with E-state index in [2.05, 4.69) is 21.9 Å². The second-order valence-electron chi connectivity index (χ2n) is 3.97. The van der Waals surface area contributed by atoms with Crippen LogP contribution in [0.15, 0.2) is 30.9 Å².